The number of hydrogen-bond acceptors (Lipinski definition) is 4. The van der Waals surface area contributed by atoms with Crippen LogP contribution in [0.25, 0.3) is 0 Å². The summed E-state index contributed by atoms with van der Waals surface area (Å²) in [6.07, 6.45) is 0.932. The average Bonchev–Trinajstić information content (AvgIpc) is 2.36. The molecule has 0 bridgehead atoms. The molecule has 1 rings (SSSR count). The first-order valence-electron chi connectivity index (χ1n) is 7.12. The fourth-order valence-corrected chi connectivity index (χ4v) is 2.42. The first-order chi connectivity index (χ1) is 9.81. The van der Waals surface area contributed by atoms with Gasteiger partial charge in [-0.05, 0) is 38.6 Å². The highest BCUT2D eigenvalue weighted by Crippen LogP contribution is 2.15. The molecule has 0 aliphatic carbocycles. The van der Waals surface area contributed by atoms with E-state index in [1.165, 1.54) is 0 Å². The molecule has 1 amide bonds. The van der Waals surface area contributed by atoms with Crippen molar-refractivity contribution in [2.24, 2.45) is 5.92 Å². The molecule has 0 saturated carbocycles. The molecule has 1 atom stereocenters. The number of amides is 1. The molecule has 0 spiro atoms. The normalized spacial score (nSPS) is 12.6. The minimum Gasteiger partial charge on any atom is -0.373 e. The van der Waals surface area contributed by atoms with E-state index in [0.29, 0.717) is 22.5 Å². The van der Waals surface area contributed by atoms with Crippen LogP contribution in [0.5, 0.6) is 0 Å². The minimum absolute atomic E-state index is 0.109. The molecule has 0 radical (unpaired) electrons. The molecule has 0 saturated heterocycles. The van der Waals surface area contributed by atoms with Crippen LogP contribution in [0.15, 0.2) is 12.1 Å². The van der Waals surface area contributed by atoms with Crippen LogP contribution in [0.3, 0.4) is 0 Å². The summed E-state index contributed by atoms with van der Waals surface area (Å²) in [5, 5.41) is 6.28. The largest absolute Gasteiger partial charge is 0.373 e. The number of likely N-dealkylation sites (N-methyl/N-ethyl adjacent to an activating group) is 1. The number of aromatic nitrogens is 1. The fourth-order valence-electron chi connectivity index (χ4n) is 2.21. The van der Waals surface area contributed by atoms with Gasteiger partial charge in [0.25, 0.3) is 5.91 Å². The van der Waals surface area contributed by atoms with Crippen molar-refractivity contribution in [3.05, 3.63) is 22.8 Å². The summed E-state index contributed by atoms with van der Waals surface area (Å²) < 4.78 is 0. The van der Waals surface area contributed by atoms with Crippen molar-refractivity contribution in [1.82, 2.24) is 15.2 Å². The van der Waals surface area contributed by atoms with Crippen molar-refractivity contribution < 1.29 is 4.79 Å². The molecule has 1 aromatic heterocycles. The van der Waals surface area contributed by atoms with E-state index in [1.54, 1.807) is 19.2 Å². The van der Waals surface area contributed by atoms with Gasteiger partial charge in [0.1, 0.15) is 11.0 Å². The number of rotatable bonds is 7. The lowest BCUT2D eigenvalue weighted by molar-refractivity contribution is 0.0924. The lowest BCUT2D eigenvalue weighted by Crippen LogP contribution is -2.42. The summed E-state index contributed by atoms with van der Waals surface area (Å²) in [7, 11) is 5.75. The zero-order valence-electron chi connectivity index (χ0n) is 13.4. The van der Waals surface area contributed by atoms with Crippen LogP contribution in [0, 0.1) is 5.92 Å². The predicted molar refractivity (Wildman–Crippen MR) is 88.1 cm³/mol. The molecule has 2 N–H and O–H groups in total. The topological polar surface area (TPSA) is 57.3 Å². The molecule has 0 aliphatic heterocycles. The first kappa shape index (κ1) is 17.7. The molecule has 5 nitrogen and oxygen atoms in total. The van der Waals surface area contributed by atoms with Gasteiger partial charge in [0.05, 0.1) is 0 Å². The lowest BCUT2D eigenvalue weighted by Gasteiger charge is -2.24. The molecule has 0 aromatic carbocycles. The quantitative estimate of drug-likeness (QED) is 0.760. The van der Waals surface area contributed by atoms with Crippen LogP contribution >= 0.6 is 11.6 Å². The van der Waals surface area contributed by atoms with E-state index in [-0.39, 0.29) is 11.9 Å². The highest BCUT2D eigenvalue weighted by Gasteiger charge is 2.17. The number of pyridine rings is 1. The third-order valence-electron chi connectivity index (χ3n) is 2.99. The van der Waals surface area contributed by atoms with Gasteiger partial charge in [-0.2, -0.15) is 0 Å². The van der Waals surface area contributed by atoms with E-state index in [0.717, 1.165) is 13.0 Å². The summed E-state index contributed by atoms with van der Waals surface area (Å²) in [6.45, 7) is 5.11. The van der Waals surface area contributed by atoms with Gasteiger partial charge in [0.2, 0.25) is 0 Å². The van der Waals surface area contributed by atoms with Crippen LogP contribution in [0.4, 0.5) is 5.82 Å². The number of nitrogens with zero attached hydrogens (tertiary/aromatic N) is 2. The molecule has 0 aliphatic rings. The summed E-state index contributed by atoms with van der Waals surface area (Å²) in [5.74, 6) is 0.980. The maximum Gasteiger partial charge on any atom is 0.251 e. The maximum absolute atomic E-state index is 12.4. The summed E-state index contributed by atoms with van der Waals surface area (Å²) in [4.78, 5) is 18.5. The van der Waals surface area contributed by atoms with Gasteiger partial charge in [-0.15, -0.1) is 0 Å². The Kier molecular flexibility index (Phi) is 6.92. The second kappa shape index (κ2) is 8.20. The van der Waals surface area contributed by atoms with E-state index in [2.05, 4.69) is 34.4 Å². The monoisotopic (exact) mass is 312 g/mol. The second-order valence-electron chi connectivity index (χ2n) is 5.88. The van der Waals surface area contributed by atoms with Gasteiger partial charge < -0.3 is 15.5 Å². The van der Waals surface area contributed by atoms with Crippen molar-refractivity contribution in [2.45, 2.75) is 26.3 Å². The van der Waals surface area contributed by atoms with Crippen LogP contribution in [0.1, 0.15) is 30.6 Å². The number of nitrogens with one attached hydrogen (secondary N) is 2. The molecule has 1 unspecified atom stereocenters. The standard InChI is InChI=1S/C15H25ClN4O/c1-10(2)6-12(9-20(4)5)18-15(21)11-7-13(16)19-14(8-11)17-3/h7-8,10,12H,6,9H2,1-5H3,(H,17,19)(H,18,21). The van der Waals surface area contributed by atoms with Gasteiger partial charge in [0.15, 0.2) is 0 Å². The summed E-state index contributed by atoms with van der Waals surface area (Å²) in [6, 6.07) is 3.39. The van der Waals surface area contributed by atoms with Crippen molar-refractivity contribution in [3.8, 4) is 0 Å². The van der Waals surface area contributed by atoms with Crippen LogP contribution in [-0.4, -0.2) is 49.5 Å². The lowest BCUT2D eigenvalue weighted by atomic mass is 10.0. The summed E-state index contributed by atoms with van der Waals surface area (Å²) in [5.41, 5.74) is 0.520. The average molecular weight is 313 g/mol. The van der Waals surface area contributed by atoms with Gasteiger partial charge in [-0.1, -0.05) is 25.4 Å². The first-order valence-corrected chi connectivity index (χ1v) is 7.50. The molecular formula is C15H25ClN4O. The van der Waals surface area contributed by atoms with Crippen LogP contribution < -0.4 is 10.6 Å². The molecule has 6 heteroatoms. The van der Waals surface area contributed by atoms with E-state index in [4.69, 9.17) is 11.6 Å². The Labute approximate surface area is 132 Å². The van der Waals surface area contributed by atoms with Crippen molar-refractivity contribution >= 4 is 23.3 Å². The third-order valence-corrected chi connectivity index (χ3v) is 3.18. The van der Waals surface area contributed by atoms with Gasteiger partial charge in [0, 0.05) is 25.2 Å². The highest BCUT2D eigenvalue weighted by atomic mass is 35.5. The van der Waals surface area contributed by atoms with Crippen molar-refractivity contribution in [3.63, 3.8) is 0 Å². The Morgan fingerprint density at radius 2 is 2.05 bits per heavy atom. The smallest absolute Gasteiger partial charge is 0.251 e. The van der Waals surface area contributed by atoms with E-state index >= 15 is 0 Å². The number of halogens is 1. The molecular weight excluding hydrogens is 288 g/mol. The Hall–Kier alpha value is -1.33. The Morgan fingerprint density at radius 1 is 1.38 bits per heavy atom. The van der Waals surface area contributed by atoms with Gasteiger partial charge in [-0.3, -0.25) is 4.79 Å². The highest BCUT2D eigenvalue weighted by molar-refractivity contribution is 6.29. The summed E-state index contributed by atoms with van der Waals surface area (Å²) >= 11 is 5.94. The zero-order chi connectivity index (χ0) is 16.0. The van der Waals surface area contributed by atoms with E-state index < -0.39 is 0 Å². The second-order valence-corrected chi connectivity index (χ2v) is 6.26. The third kappa shape index (κ3) is 6.31. The Morgan fingerprint density at radius 3 is 2.57 bits per heavy atom. The Balaban J connectivity index is 2.83. The molecule has 1 heterocycles. The number of carbonyl (C=O) groups is 1. The SMILES string of the molecule is CNc1cc(C(=O)NC(CC(C)C)CN(C)C)cc(Cl)n1. The number of carbonyl (C=O) groups excluding carboxylic acids is 1. The van der Waals surface area contributed by atoms with E-state index in [9.17, 15) is 4.79 Å². The van der Waals surface area contributed by atoms with Crippen molar-refractivity contribution in [2.75, 3.05) is 33.0 Å². The zero-order valence-corrected chi connectivity index (χ0v) is 14.2. The van der Waals surface area contributed by atoms with Crippen LogP contribution in [-0.2, 0) is 0 Å². The number of hydrogen-bond donors (Lipinski definition) is 2. The van der Waals surface area contributed by atoms with Gasteiger partial charge in [-0.25, -0.2) is 4.98 Å². The fraction of sp³-hybridized carbons (Fsp3) is 0.600. The Bertz CT molecular complexity index is 467. The maximum atomic E-state index is 12.4. The molecule has 21 heavy (non-hydrogen) atoms. The number of anilines is 1. The minimum atomic E-state index is -0.122. The van der Waals surface area contributed by atoms with Gasteiger partial charge >= 0.3 is 0 Å². The van der Waals surface area contributed by atoms with Crippen LogP contribution in [0.2, 0.25) is 5.15 Å². The molecule has 1 aromatic rings. The predicted octanol–water partition coefficient (Wildman–Crippen LogP) is 2.48. The molecule has 0 fully saturated rings. The van der Waals surface area contributed by atoms with E-state index in [1.807, 2.05) is 14.1 Å². The molecule has 118 valence electrons. The van der Waals surface area contributed by atoms with Crippen molar-refractivity contribution in [1.29, 1.82) is 0 Å².